The summed E-state index contributed by atoms with van der Waals surface area (Å²) in [6, 6.07) is 0. The van der Waals surface area contributed by atoms with Crippen LogP contribution < -0.4 is 16.6 Å². The summed E-state index contributed by atoms with van der Waals surface area (Å²) in [4.78, 5) is 0. The van der Waals surface area contributed by atoms with Gasteiger partial charge in [0.05, 0.1) is 0 Å². The summed E-state index contributed by atoms with van der Waals surface area (Å²) in [5, 5.41) is 3.11. The Morgan fingerprint density at radius 1 is 1.10 bits per heavy atom. The van der Waals surface area contributed by atoms with Crippen molar-refractivity contribution in [2.24, 2.45) is 5.84 Å². The van der Waals surface area contributed by atoms with Crippen LogP contribution in [0, 0.1) is 0 Å². The summed E-state index contributed by atoms with van der Waals surface area (Å²) in [5.74, 6) is 4.89. The molecule has 0 atom stereocenters. The van der Waals surface area contributed by atoms with Crippen LogP contribution in [0.2, 0.25) is 0 Å². The molecular weight excluding hydrogens is 126 g/mol. The zero-order valence-corrected chi connectivity index (χ0v) is 7.41. The molecule has 0 aliphatic rings. The number of hydrazine groups is 1. The molecule has 0 fully saturated rings. The van der Waals surface area contributed by atoms with Crippen molar-refractivity contribution in [3.05, 3.63) is 0 Å². The predicted molar refractivity (Wildman–Crippen MR) is 46.7 cm³/mol. The van der Waals surface area contributed by atoms with Crippen LogP contribution in [0.4, 0.5) is 0 Å². The first-order valence-electron chi connectivity index (χ1n) is 3.97. The maximum Gasteiger partial charge on any atom is 0.00947 e. The van der Waals surface area contributed by atoms with Gasteiger partial charge in [-0.05, 0) is 19.5 Å². The van der Waals surface area contributed by atoms with E-state index in [9.17, 15) is 0 Å². The molecule has 0 heterocycles. The van der Waals surface area contributed by atoms with Crippen molar-refractivity contribution in [2.75, 3.05) is 19.6 Å². The third-order valence-corrected chi connectivity index (χ3v) is 0.894. The minimum Gasteiger partial charge on any atom is -0.317 e. The van der Waals surface area contributed by atoms with E-state index in [1.807, 2.05) is 0 Å². The topological polar surface area (TPSA) is 50.1 Å². The molecule has 0 radical (unpaired) electrons. The van der Waals surface area contributed by atoms with Gasteiger partial charge in [0, 0.05) is 6.54 Å². The predicted octanol–water partition coefficient (Wildman–Crippen LogP) is 0.475. The second kappa shape index (κ2) is 15.9. The molecule has 0 aromatic rings. The number of rotatable bonds is 4. The molecular formula is C7H21N3. The molecule has 0 unspecified atom stereocenters. The summed E-state index contributed by atoms with van der Waals surface area (Å²) >= 11 is 0. The maximum atomic E-state index is 4.89. The van der Waals surface area contributed by atoms with Crippen molar-refractivity contribution in [1.82, 2.24) is 10.7 Å². The first-order valence-corrected chi connectivity index (χ1v) is 3.97. The molecule has 0 rings (SSSR count). The molecule has 0 saturated heterocycles. The Bertz CT molecular complexity index is 29.8. The average molecular weight is 147 g/mol. The Balaban J connectivity index is 0. The van der Waals surface area contributed by atoms with Gasteiger partial charge in [0.2, 0.25) is 0 Å². The van der Waals surface area contributed by atoms with E-state index in [0.717, 1.165) is 26.1 Å². The lowest BCUT2D eigenvalue weighted by Gasteiger charge is -1.86. The van der Waals surface area contributed by atoms with Crippen molar-refractivity contribution in [3.8, 4) is 0 Å². The smallest absolute Gasteiger partial charge is 0.00947 e. The third kappa shape index (κ3) is 24.8. The second-order valence-electron chi connectivity index (χ2n) is 1.91. The molecule has 0 aliphatic carbocycles. The largest absolute Gasteiger partial charge is 0.317 e. The van der Waals surface area contributed by atoms with Crippen molar-refractivity contribution in [2.45, 2.75) is 27.2 Å². The van der Waals surface area contributed by atoms with Crippen molar-refractivity contribution < 1.29 is 0 Å². The fraction of sp³-hybridized carbons (Fsp3) is 1.00. The zero-order valence-electron chi connectivity index (χ0n) is 7.41. The monoisotopic (exact) mass is 147 g/mol. The lowest BCUT2D eigenvalue weighted by molar-refractivity contribution is 0.714. The van der Waals surface area contributed by atoms with E-state index >= 15 is 0 Å². The van der Waals surface area contributed by atoms with Gasteiger partial charge in [0.15, 0.2) is 0 Å². The first kappa shape index (κ1) is 12.5. The van der Waals surface area contributed by atoms with Gasteiger partial charge in [-0.3, -0.25) is 11.3 Å². The van der Waals surface area contributed by atoms with E-state index in [0.29, 0.717) is 0 Å². The fourth-order valence-corrected chi connectivity index (χ4v) is 0.394. The standard InChI is InChI=1S/C4H11N.C3H10N2/c1-3-5-4-2;1-2-3-5-4/h5H,3-4H2,1-2H3;5H,2-4H2,1H3. The Morgan fingerprint density at radius 2 is 1.60 bits per heavy atom. The minimum absolute atomic E-state index is 0.917. The van der Waals surface area contributed by atoms with Crippen LogP contribution in [-0.2, 0) is 0 Å². The summed E-state index contributed by atoms with van der Waals surface area (Å²) in [6.07, 6.45) is 1.11. The molecule has 3 heteroatoms. The van der Waals surface area contributed by atoms with Crippen LogP contribution in [0.25, 0.3) is 0 Å². The Kier molecular flexibility index (Phi) is 20.0. The number of hydrogen-bond donors (Lipinski definition) is 3. The molecule has 0 aromatic heterocycles. The lowest BCUT2D eigenvalue weighted by atomic mass is 10.5. The summed E-state index contributed by atoms with van der Waals surface area (Å²) < 4.78 is 0. The van der Waals surface area contributed by atoms with Crippen LogP contribution in [0.3, 0.4) is 0 Å². The average Bonchev–Trinajstić information content (AvgIpc) is 1.93. The second-order valence-corrected chi connectivity index (χ2v) is 1.91. The highest BCUT2D eigenvalue weighted by atomic mass is 15.2. The molecule has 64 valence electrons. The summed E-state index contributed by atoms with van der Waals surface area (Å²) in [6.45, 7) is 9.37. The van der Waals surface area contributed by atoms with E-state index in [4.69, 9.17) is 5.84 Å². The highest BCUT2D eigenvalue weighted by Gasteiger charge is 1.65. The van der Waals surface area contributed by atoms with Crippen molar-refractivity contribution in [3.63, 3.8) is 0 Å². The fourth-order valence-electron chi connectivity index (χ4n) is 0.394. The van der Waals surface area contributed by atoms with Crippen LogP contribution in [-0.4, -0.2) is 19.6 Å². The van der Waals surface area contributed by atoms with E-state index in [2.05, 4.69) is 31.5 Å². The number of hydrogen-bond acceptors (Lipinski definition) is 3. The zero-order chi connectivity index (χ0) is 8.24. The Labute approximate surface area is 64.3 Å². The van der Waals surface area contributed by atoms with Crippen molar-refractivity contribution >= 4 is 0 Å². The van der Waals surface area contributed by atoms with Gasteiger partial charge in [-0.2, -0.15) is 0 Å². The Morgan fingerprint density at radius 3 is 1.60 bits per heavy atom. The highest BCUT2D eigenvalue weighted by molar-refractivity contribution is 4.27. The van der Waals surface area contributed by atoms with Gasteiger partial charge in [-0.15, -0.1) is 0 Å². The number of nitrogens with two attached hydrogens (primary N) is 1. The van der Waals surface area contributed by atoms with E-state index < -0.39 is 0 Å². The normalized spacial score (nSPS) is 8.40. The first-order chi connectivity index (χ1) is 4.83. The molecule has 3 nitrogen and oxygen atoms in total. The molecule has 4 N–H and O–H groups in total. The third-order valence-electron chi connectivity index (χ3n) is 0.894. The molecule has 0 aliphatic heterocycles. The maximum absolute atomic E-state index is 4.89. The highest BCUT2D eigenvalue weighted by Crippen LogP contribution is 1.61. The van der Waals surface area contributed by atoms with Gasteiger partial charge >= 0.3 is 0 Å². The molecule has 0 saturated carbocycles. The van der Waals surface area contributed by atoms with Gasteiger partial charge in [-0.1, -0.05) is 20.8 Å². The van der Waals surface area contributed by atoms with E-state index in [-0.39, 0.29) is 0 Å². The molecule has 0 aromatic carbocycles. The lowest BCUT2D eigenvalue weighted by Crippen LogP contribution is -2.21. The van der Waals surface area contributed by atoms with Crippen LogP contribution in [0.1, 0.15) is 27.2 Å². The molecule has 0 bridgehead atoms. The van der Waals surface area contributed by atoms with Gasteiger partial charge in [0.1, 0.15) is 0 Å². The van der Waals surface area contributed by atoms with Gasteiger partial charge in [0.25, 0.3) is 0 Å². The molecule has 0 amide bonds. The Hall–Kier alpha value is -0.120. The van der Waals surface area contributed by atoms with Crippen molar-refractivity contribution in [1.29, 1.82) is 0 Å². The number of nitrogens with one attached hydrogen (secondary N) is 2. The van der Waals surface area contributed by atoms with E-state index in [1.54, 1.807) is 0 Å². The van der Waals surface area contributed by atoms with Gasteiger partial charge < -0.3 is 5.32 Å². The summed E-state index contributed by atoms with van der Waals surface area (Å²) in [7, 11) is 0. The minimum atomic E-state index is 0.917. The van der Waals surface area contributed by atoms with E-state index in [1.165, 1.54) is 0 Å². The quantitative estimate of drug-likeness (QED) is 0.400. The van der Waals surface area contributed by atoms with Gasteiger partial charge in [-0.25, -0.2) is 0 Å². The molecule has 0 spiro atoms. The van der Waals surface area contributed by atoms with Crippen LogP contribution >= 0.6 is 0 Å². The molecule has 10 heavy (non-hydrogen) atoms. The van der Waals surface area contributed by atoms with Crippen LogP contribution in [0.5, 0.6) is 0 Å². The SMILES string of the molecule is CCCNN.CCNCC. The van der Waals surface area contributed by atoms with Crippen LogP contribution in [0.15, 0.2) is 0 Å². The summed E-state index contributed by atoms with van der Waals surface area (Å²) in [5.41, 5.74) is 2.52.